The fraction of sp³-hybridized carbons (Fsp3) is 0.593. The number of halogens is 1. The van der Waals surface area contributed by atoms with Gasteiger partial charge >= 0.3 is 5.97 Å². The molecule has 0 saturated heterocycles. The first-order valence-corrected chi connectivity index (χ1v) is 14.1. The number of hydrogen-bond acceptors (Lipinski definition) is 5. The maximum Gasteiger partial charge on any atom is 0.338 e. The highest BCUT2D eigenvalue weighted by atomic mass is 32.2. The predicted molar refractivity (Wildman–Crippen MR) is 145 cm³/mol. The van der Waals surface area contributed by atoms with Gasteiger partial charge in [-0.3, -0.25) is 0 Å². The quantitative estimate of drug-likeness (QED) is 0.324. The lowest BCUT2D eigenvalue weighted by molar-refractivity contribution is 0.0691. The lowest BCUT2D eigenvalue weighted by Gasteiger charge is -2.36. The minimum atomic E-state index is -1.32. The summed E-state index contributed by atoms with van der Waals surface area (Å²) in [7, 11) is 1.43. The zero-order chi connectivity index (χ0) is 25.1. The molecule has 0 bridgehead atoms. The summed E-state index contributed by atoms with van der Waals surface area (Å²) < 4.78 is 23.2. The Bertz CT molecular complexity index is 845. The van der Waals surface area contributed by atoms with Gasteiger partial charge in [-0.15, -0.1) is 0 Å². The number of anilines is 1. The summed E-state index contributed by atoms with van der Waals surface area (Å²) in [5, 5.41) is 9.09. The minimum Gasteiger partial charge on any atom is -0.495 e. The molecule has 0 amide bonds. The van der Waals surface area contributed by atoms with E-state index in [4.69, 9.17) is 9.84 Å². The van der Waals surface area contributed by atoms with Crippen molar-refractivity contribution in [3.63, 3.8) is 0 Å². The van der Waals surface area contributed by atoms with Gasteiger partial charge in [0.1, 0.15) is 11.6 Å². The molecule has 34 heavy (non-hydrogen) atoms. The molecule has 3 rings (SSSR count). The van der Waals surface area contributed by atoms with E-state index in [1.807, 2.05) is 13.8 Å². The summed E-state index contributed by atoms with van der Waals surface area (Å²) in [5.74, 6) is 0.596. The topological polar surface area (TPSA) is 58.6 Å². The van der Waals surface area contributed by atoms with Crippen molar-refractivity contribution in [3.05, 3.63) is 45.3 Å². The van der Waals surface area contributed by atoms with Crippen LogP contribution in [0.4, 0.5) is 10.1 Å². The Hall–Kier alpha value is -1.60. The number of methoxy groups -OCH3 is 1. The number of allylic oxidation sites excluding steroid dienone is 2. The molecule has 0 radical (unpaired) electrons. The molecule has 2 aliphatic rings. The molecule has 0 heterocycles. The number of ether oxygens (including phenoxy) is 1. The molecule has 2 fully saturated rings. The molecule has 0 unspecified atom stereocenters. The van der Waals surface area contributed by atoms with Gasteiger partial charge in [-0.25, -0.2) is 9.18 Å². The predicted octanol–water partition coefficient (Wildman–Crippen LogP) is 9.11. The SMILES string of the molecule is C=C(SNc1cc(F)c(C(=O)O)cc1OC)S/C(=C\C)C1CCC(C2CCCCC2)CC1.CC. The fourth-order valence-electron chi connectivity index (χ4n) is 5.09. The van der Waals surface area contributed by atoms with Gasteiger partial charge in [-0.05, 0) is 73.3 Å². The van der Waals surface area contributed by atoms with Gasteiger partial charge < -0.3 is 14.6 Å². The van der Waals surface area contributed by atoms with Crippen LogP contribution in [0, 0.1) is 23.6 Å². The van der Waals surface area contributed by atoms with Crippen molar-refractivity contribution in [2.24, 2.45) is 17.8 Å². The molecule has 0 atom stereocenters. The van der Waals surface area contributed by atoms with Crippen LogP contribution in [0.2, 0.25) is 0 Å². The van der Waals surface area contributed by atoms with E-state index >= 15 is 0 Å². The second kappa shape index (κ2) is 14.7. The first kappa shape index (κ1) is 28.6. The summed E-state index contributed by atoms with van der Waals surface area (Å²) in [4.78, 5) is 12.5. The molecule has 1 aromatic carbocycles. The van der Waals surface area contributed by atoms with Gasteiger partial charge in [-0.2, -0.15) is 0 Å². The second-order valence-electron chi connectivity index (χ2n) is 8.72. The summed E-state index contributed by atoms with van der Waals surface area (Å²) >= 11 is 2.97. The van der Waals surface area contributed by atoms with Gasteiger partial charge in [0.2, 0.25) is 0 Å². The van der Waals surface area contributed by atoms with E-state index in [0.29, 0.717) is 11.6 Å². The third kappa shape index (κ3) is 7.98. The van der Waals surface area contributed by atoms with Gasteiger partial charge in [0.15, 0.2) is 0 Å². The molecule has 7 heteroatoms. The number of hydrogen-bond donors (Lipinski definition) is 2. The minimum absolute atomic E-state index is 0.279. The Labute approximate surface area is 213 Å². The van der Waals surface area contributed by atoms with E-state index < -0.39 is 17.3 Å². The Morgan fingerprint density at radius 3 is 2.29 bits per heavy atom. The zero-order valence-electron chi connectivity index (χ0n) is 21.0. The maximum atomic E-state index is 14.1. The van der Waals surface area contributed by atoms with Crippen LogP contribution < -0.4 is 9.46 Å². The first-order valence-electron chi connectivity index (χ1n) is 12.5. The van der Waals surface area contributed by atoms with E-state index in [9.17, 15) is 9.18 Å². The van der Waals surface area contributed by atoms with Crippen molar-refractivity contribution >= 4 is 35.4 Å². The average molecular weight is 510 g/mol. The number of nitrogens with one attached hydrogen (secondary N) is 1. The van der Waals surface area contributed by atoms with Crippen LogP contribution in [0.1, 0.15) is 88.9 Å². The molecule has 2 N–H and O–H groups in total. The zero-order valence-corrected chi connectivity index (χ0v) is 22.6. The molecule has 4 nitrogen and oxygen atoms in total. The van der Waals surface area contributed by atoms with Gasteiger partial charge in [0, 0.05) is 6.07 Å². The number of carboxylic acids is 1. The lowest BCUT2D eigenvalue weighted by atomic mass is 9.71. The standard InChI is InChI=1S/C25H34FNO3S2.C2H6/c1-4-24(19-12-10-18(11-13-19)17-8-6-5-7-9-17)31-16(2)32-27-22-15-21(26)20(25(28)29)14-23(22)30-3;1-2/h4,14-15,17-19,27H,2,5-13H2,1,3H3,(H,28,29);1-2H3/b24-4-;. The Morgan fingerprint density at radius 1 is 1.12 bits per heavy atom. The Balaban J connectivity index is 0.00000199. The highest BCUT2D eigenvalue weighted by Gasteiger charge is 2.30. The van der Waals surface area contributed by atoms with Gasteiger partial charge in [0.25, 0.3) is 0 Å². The van der Waals surface area contributed by atoms with Crippen LogP contribution >= 0.6 is 23.7 Å². The third-order valence-electron chi connectivity index (χ3n) is 6.80. The van der Waals surface area contributed by atoms with Crippen molar-refractivity contribution < 1.29 is 19.0 Å². The van der Waals surface area contributed by atoms with Crippen molar-refractivity contribution in [2.45, 2.75) is 78.6 Å². The molecule has 0 aromatic heterocycles. The number of carboxylic acid groups (broad SMARTS) is 1. The lowest BCUT2D eigenvalue weighted by Crippen LogP contribution is -2.24. The monoisotopic (exact) mass is 509 g/mol. The largest absolute Gasteiger partial charge is 0.495 e. The van der Waals surface area contributed by atoms with Crippen LogP contribution in [0.3, 0.4) is 0 Å². The second-order valence-corrected chi connectivity index (χ2v) is 11.0. The van der Waals surface area contributed by atoms with E-state index in [-0.39, 0.29) is 5.75 Å². The smallest absolute Gasteiger partial charge is 0.338 e. The number of benzene rings is 1. The van der Waals surface area contributed by atoms with Crippen LogP contribution in [0.5, 0.6) is 5.75 Å². The average Bonchev–Trinajstić information content (AvgIpc) is 2.87. The third-order valence-corrected chi connectivity index (χ3v) is 8.88. The molecular weight excluding hydrogens is 469 g/mol. The van der Waals surface area contributed by atoms with Crippen molar-refractivity contribution in [2.75, 3.05) is 11.8 Å². The maximum absolute atomic E-state index is 14.1. The van der Waals surface area contributed by atoms with E-state index in [2.05, 4.69) is 24.3 Å². The first-order chi connectivity index (χ1) is 16.4. The van der Waals surface area contributed by atoms with Crippen molar-refractivity contribution in [1.29, 1.82) is 0 Å². The normalized spacial score (nSPS) is 21.3. The highest BCUT2D eigenvalue weighted by molar-refractivity contribution is 8.24. The number of aromatic carboxylic acids is 1. The molecule has 2 aliphatic carbocycles. The van der Waals surface area contributed by atoms with Crippen molar-refractivity contribution in [1.82, 2.24) is 0 Å². The molecular formula is C27H40FNO3S2. The van der Waals surface area contributed by atoms with Crippen LogP contribution in [-0.2, 0) is 0 Å². The number of carbonyl (C=O) groups is 1. The molecule has 2 saturated carbocycles. The fourth-order valence-corrected chi connectivity index (χ4v) is 6.84. The van der Waals surface area contributed by atoms with Crippen molar-refractivity contribution in [3.8, 4) is 5.75 Å². The molecule has 0 aliphatic heterocycles. The summed E-state index contributed by atoms with van der Waals surface area (Å²) in [5.41, 5.74) is -0.0256. The summed E-state index contributed by atoms with van der Waals surface area (Å²) in [6, 6.07) is 2.34. The molecule has 0 spiro atoms. The van der Waals surface area contributed by atoms with Gasteiger partial charge in [0.05, 0.1) is 22.6 Å². The molecule has 190 valence electrons. The number of rotatable bonds is 9. The van der Waals surface area contributed by atoms with Crippen LogP contribution in [-0.4, -0.2) is 18.2 Å². The highest BCUT2D eigenvalue weighted by Crippen LogP contribution is 2.46. The van der Waals surface area contributed by atoms with E-state index in [1.54, 1.807) is 11.8 Å². The summed E-state index contributed by atoms with van der Waals surface area (Å²) in [6.07, 6.45) is 14.5. The summed E-state index contributed by atoms with van der Waals surface area (Å²) in [6.45, 7) is 10.2. The van der Waals surface area contributed by atoms with E-state index in [1.165, 1.54) is 87.8 Å². The van der Waals surface area contributed by atoms with Crippen LogP contribution in [0.25, 0.3) is 0 Å². The molecule has 1 aromatic rings. The van der Waals surface area contributed by atoms with Crippen LogP contribution in [0.15, 0.2) is 33.9 Å². The Morgan fingerprint density at radius 2 is 1.74 bits per heavy atom. The number of thioether (sulfide) groups is 1. The van der Waals surface area contributed by atoms with E-state index in [0.717, 1.165) is 22.1 Å². The van der Waals surface area contributed by atoms with Gasteiger partial charge in [-0.1, -0.05) is 70.4 Å². The Kier molecular flexibility index (Phi) is 12.4.